The van der Waals surface area contributed by atoms with Gasteiger partial charge in [-0.1, -0.05) is 12.8 Å². The molecule has 2 aliphatic rings. The van der Waals surface area contributed by atoms with Crippen molar-refractivity contribution in [1.29, 1.82) is 0 Å². The van der Waals surface area contributed by atoms with Gasteiger partial charge >= 0.3 is 5.97 Å². The fraction of sp³-hybridized carbons (Fsp3) is 0.909. The lowest BCUT2D eigenvalue weighted by atomic mass is 9.83. The van der Waals surface area contributed by atoms with E-state index in [0.29, 0.717) is 12.3 Å². The van der Waals surface area contributed by atoms with Crippen LogP contribution in [0.1, 0.15) is 44.9 Å². The molecule has 1 atom stereocenters. The molecular formula is C11H18O3. The van der Waals surface area contributed by atoms with Gasteiger partial charge in [-0.15, -0.1) is 0 Å². The summed E-state index contributed by atoms with van der Waals surface area (Å²) in [5.74, 6) is -0.315. The van der Waals surface area contributed by atoms with Gasteiger partial charge in [0.05, 0.1) is 5.60 Å². The number of rotatable bonds is 2. The molecular weight excluding hydrogens is 180 g/mol. The van der Waals surface area contributed by atoms with Crippen LogP contribution in [0.25, 0.3) is 0 Å². The van der Waals surface area contributed by atoms with Crippen molar-refractivity contribution < 1.29 is 14.6 Å². The monoisotopic (exact) mass is 198 g/mol. The van der Waals surface area contributed by atoms with Crippen molar-refractivity contribution >= 4 is 5.97 Å². The Bertz CT molecular complexity index is 219. The minimum Gasteiger partial charge on any atom is -0.481 e. The Kier molecular flexibility index (Phi) is 2.77. The van der Waals surface area contributed by atoms with Crippen LogP contribution in [0.2, 0.25) is 0 Å². The van der Waals surface area contributed by atoms with E-state index < -0.39 is 5.97 Å². The zero-order valence-corrected chi connectivity index (χ0v) is 8.50. The van der Waals surface area contributed by atoms with Crippen LogP contribution >= 0.6 is 0 Å². The molecule has 1 heterocycles. The summed E-state index contributed by atoms with van der Waals surface area (Å²) in [7, 11) is 0. The molecule has 2 rings (SSSR count). The fourth-order valence-electron chi connectivity index (χ4n) is 2.92. The molecule has 0 bridgehead atoms. The van der Waals surface area contributed by atoms with E-state index in [1.54, 1.807) is 0 Å². The molecule has 1 saturated carbocycles. The van der Waals surface area contributed by atoms with Crippen molar-refractivity contribution in [3.05, 3.63) is 0 Å². The lowest BCUT2D eigenvalue weighted by molar-refractivity contribution is -0.141. The van der Waals surface area contributed by atoms with Crippen molar-refractivity contribution in [3.63, 3.8) is 0 Å². The van der Waals surface area contributed by atoms with Crippen LogP contribution in [0.15, 0.2) is 0 Å². The van der Waals surface area contributed by atoms with E-state index in [0.717, 1.165) is 32.3 Å². The third kappa shape index (κ3) is 2.08. The summed E-state index contributed by atoms with van der Waals surface area (Å²) >= 11 is 0. The summed E-state index contributed by atoms with van der Waals surface area (Å²) in [5, 5.41) is 8.76. The smallest absolute Gasteiger partial charge is 0.303 e. The quantitative estimate of drug-likeness (QED) is 0.740. The zero-order valence-electron chi connectivity index (χ0n) is 8.50. The number of ether oxygens (including phenoxy) is 1. The maximum Gasteiger partial charge on any atom is 0.303 e. The van der Waals surface area contributed by atoms with Crippen LogP contribution in [0, 0.1) is 5.92 Å². The number of hydrogen-bond acceptors (Lipinski definition) is 2. The standard InChI is InChI=1S/C11H18O3/c12-10(13)7-9-3-6-14-11(8-9)4-1-2-5-11/h9H,1-8H2,(H,12,13). The summed E-state index contributed by atoms with van der Waals surface area (Å²) < 4.78 is 5.85. The van der Waals surface area contributed by atoms with Crippen LogP contribution in [-0.2, 0) is 9.53 Å². The second-order valence-electron chi connectivity index (χ2n) is 4.70. The molecule has 14 heavy (non-hydrogen) atoms. The summed E-state index contributed by atoms with van der Waals surface area (Å²) in [6.45, 7) is 0.762. The average molecular weight is 198 g/mol. The van der Waals surface area contributed by atoms with E-state index in [4.69, 9.17) is 9.84 Å². The Morgan fingerprint density at radius 1 is 1.43 bits per heavy atom. The van der Waals surface area contributed by atoms with Crippen molar-refractivity contribution in [2.45, 2.75) is 50.5 Å². The van der Waals surface area contributed by atoms with Crippen LogP contribution in [0.3, 0.4) is 0 Å². The first kappa shape index (κ1) is 9.97. The highest BCUT2D eigenvalue weighted by atomic mass is 16.5. The molecule has 0 aromatic rings. The van der Waals surface area contributed by atoms with Crippen LogP contribution in [-0.4, -0.2) is 23.3 Å². The zero-order chi connectivity index (χ0) is 10.0. The van der Waals surface area contributed by atoms with E-state index in [1.807, 2.05) is 0 Å². The molecule has 1 aliphatic carbocycles. The number of hydrogen-bond donors (Lipinski definition) is 1. The van der Waals surface area contributed by atoms with Gasteiger partial charge in [-0.3, -0.25) is 4.79 Å². The Morgan fingerprint density at radius 2 is 2.14 bits per heavy atom. The fourth-order valence-corrected chi connectivity index (χ4v) is 2.92. The Morgan fingerprint density at radius 3 is 2.79 bits per heavy atom. The predicted molar refractivity (Wildman–Crippen MR) is 52.1 cm³/mol. The van der Waals surface area contributed by atoms with Crippen LogP contribution in [0.5, 0.6) is 0 Å². The Labute approximate surface area is 84.4 Å². The molecule has 3 nitrogen and oxygen atoms in total. The van der Waals surface area contributed by atoms with E-state index in [-0.39, 0.29) is 5.60 Å². The summed E-state index contributed by atoms with van der Waals surface area (Å²) in [4.78, 5) is 10.6. The Balaban J connectivity index is 1.93. The average Bonchev–Trinajstić information content (AvgIpc) is 2.52. The largest absolute Gasteiger partial charge is 0.481 e. The third-order valence-corrected chi connectivity index (χ3v) is 3.57. The van der Waals surface area contributed by atoms with Gasteiger partial charge in [0.1, 0.15) is 0 Å². The molecule has 0 aromatic heterocycles. The first-order valence-electron chi connectivity index (χ1n) is 5.56. The summed E-state index contributed by atoms with van der Waals surface area (Å²) in [6, 6.07) is 0. The molecule has 3 heteroatoms. The van der Waals surface area contributed by atoms with Crippen LogP contribution < -0.4 is 0 Å². The highest BCUT2D eigenvalue weighted by Crippen LogP contribution is 2.42. The molecule has 1 aliphatic heterocycles. The normalized spacial score (nSPS) is 30.7. The van der Waals surface area contributed by atoms with Gasteiger partial charge < -0.3 is 9.84 Å². The predicted octanol–water partition coefficient (Wildman–Crippen LogP) is 2.20. The van der Waals surface area contributed by atoms with Crippen molar-refractivity contribution in [2.24, 2.45) is 5.92 Å². The second kappa shape index (κ2) is 3.89. The number of carbonyl (C=O) groups is 1. The first-order valence-corrected chi connectivity index (χ1v) is 5.56. The van der Waals surface area contributed by atoms with E-state index >= 15 is 0 Å². The summed E-state index contributed by atoms with van der Waals surface area (Å²) in [6.07, 6.45) is 7.00. The molecule has 80 valence electrons. The maximum absolute atomic E-state index is 10.6. The van der Waals surface area contributed by atoms with Crippen LogP contribution in [0.4, 0.5) is 0 Å². The molecule has 0 aromatic carbocycles. The van der Waals surface area contributed by atoms with Gasteiger partial charge in [-0.2, -0.15) is 0 Å². The SMILES string of the molecule is O=C(O)CC1CCOC2(CCCC2)C1. The number of carboxylic acid groups (broad SMARTS) is 1. The third-order valence-electron chi connectivity index (χ3n) is 3.57. The van der Waals surface area contributed by atoms with E-state index in [9.17, 15) is 4.79 Å². The van der Waals surface area contributed by atoms with E-state index in [2.05, 4.69) is 0 Å². The maximum atomic E-state index is 10.6. The highest BCUT2D eigenvalue weighted by Gasteiger charge is 2.40. The van der Waals surface area contributed by atoms with Crippen molar-refractivity contribution in [3.8, 4) is 0 Å². The molecule has 0 amide bonds. The van der Waals surface area contributed by atoms with Gasteiger partial charge in [0.25, 0.3) is 0 Å². The lowest BCUT2D eigenvalue weighted by Crippen LogP contribution is -2.37. The minimum absolute atomic E-state index is 0.0678. The Hall–Kier alpha value is -0.570. The molecule has 1 saturated heterocycles. The molecule has 2 fully saturated rings. The molecule has 0 radical (unpaired) electrons. The molecule has 1 spiro atoms. The highest BCUT2D eigenvalue weighted by molar-refractivity contribution is 5.67. The molecule has 1 unspecified atom stereocenters. The van der Waals surface area contributed by atoms with Gasteiger partial charge in [-0.05, 0) is 31.6 Å². The first-order chi connectivity index (χ1) is 6.70. The lowest BCUT2D eigenvalue weighted by Gasteiger charge is -2.37. The van der Waals surface area contributed by atoms with E-state index in [1.165, 1.54) is 12.8 Å². The number of aliphatic carboxylic acids is 1. The second-order valence-corrected chi connectivity index (χ2v) is 4.70. The van der Waals surface area contributed by atoms with Gasteiger partial charge in [0.2, 0.25) is 0 Å². The van der Waals surface area contributed by atoms with Gasteiger partial charge in [0, 0.05) is 13.0 Å². The van der Waals surface area contributed by atoms with Crippen molar-refractivity contribution in [2.75, 3.05) is 6.61 Å². The minimum atomic E-state index is -0.662. The van der Waals surface area contributed by atoms with Crippen molar-refractivity contribution in [1.82, 2.24) is 0 Å². The number of carboxylic acids is 1. The topological polar surface area (TPSA) is 46.5 Å². The molecule has 1 N–H and O–H groups in total. The summed E-state index contributed by atoms with van der Waals surface area (Å²) in [5.41, 5.74) is 0.0678. The van der Waals surface area contributed by atoms with Gasteiger partial charge in [-0.25, -0.2) is 0 Å². The van der Waals surface area contributed by atoms with Gasteiger partial charge in [0.15, 0.2) is 0 Å².